The van der Waals surface area contributed by atoms with Crippen molar-refractivity contribution in [3.05, 3.63) is 0 Å². The van der Waals surface area contributed by atoms with Gasteiger partial charge in [-0.2, -0.15) is 0 Å². The van der Waals surface area contributed by atoms with E-state index in [1.165, 1.54) is 96.3 Å². The normalized spacial score (nSPS) is 13.3. The van der Waals surface area contributed by atoms with Gasteiger partial charge in [0.25, 0.3) is 0 Å². The average molecular weight is 373 g/mol. The van der Waals surface area contributed by atoms with E-state index in [0.29, 0.717) is 0 Å². The molecule has 0 saturated heterocycles. The number of hydrogen-bond donors (Lipinski definition) is 0. The third-order valence-electron chi connectivity index (χ3n) is 5.35. The Morgan fingerprint density at radius 3 is 1.56 bits per heavy atom. The van der Waals surface area contributed by atoms with Crippen LogP contribution in [0.1, 0.15) is 110 Å². The highest BCUT2D eigenvalue weighted by molar-refractivity contribution is 6.64. The fourth-order valence-electron chi connectivity index (χ4n) is 3.22. The van der Waals surface area contributed by atoms with Crippen LogP contribution in [0.5, 0.6) is 0 Å². The predicted octanol–water partition coefficient (Wildman–Crippen LogP) is 7.86. The summed E-state index contributed by atoms with van der Waals surface area (Å²) >= 11 is 0. The van der Waals surface area contributed by atoms with E-state index in [-0.39, 0.29) is 0 Å². The molecule has 0 heterocycles. The van der Waals surface area contributed by atoms with Gasteiger partial charge < -0.3 is 8.85 Å². The van der Waals surface area contributed by atoms with Crippen LogP contribution in [-0.2, 0) is 8.85 Å². The molecule has 152 valence electrons. The molecule has 0 fully saturated rings. The molecule has 25 heavy (non-hydrogen) atoms. The number of rotatable bonds is 19. The van der Waals surface area contributed by atoms with Crippen molar-refractivity contribution in [2.24, 2.45) is 5.92 Å². The highest BCUT2D eigenvalue weighted by atomic mass is 28.4. The molecule has 0 aromatic rings. The summed E-state index contributed by atoms with van der Waals surface area (Å²) in [6.07, 6.45) is 21.2. The highest BCUT2D eigenvalue weighted by Crippen LogP contribution is 2.17. The minimum absolute atomic E-state index is 0.786. The highest BCUT2D eigenvalue weighted by Gasteiger charge is 2.22. The summed E-state index contributed by atoms with van der Waals surface area (Å²) in [5, 5.41) is 0. The third kappa shape index (κ3) is 18.7. The van der Waals surface area contributed by atoms with E-state index in [0.717, 1.165) is 12.5 Å². The molecule has 0 aromatic carbocycles. The second kappa shape index (κ2) is 17.5. The first-order chi connectivity index (χ1) is 12.0. The monoisotopic (exact) mass is 372 g/mol. The Morgan fingerprint density at radius 2 is 1.12 bits per heavy atom. The fourth-order valence-corrected chi connectivity index (χ4v) is 3.95. The van der Waals surface area contributed by atoms with Crippen LogP contribution < -0.4 is 0 Å². The molecule has 1 atom stereocenters. The van der Waals surface area contributed by atoms with Crippen LogP contribution >= 0.6 is 0 Å². The van der Waals surface area contributed by atoms with Gasteiger partial charge >= 0.3 is 8.56 Å². The number of unbranched alkanes of at least 4 members (excludes halogenated alkanes) is 12. The van der Waals surface area contributed by atoms with Crippen LogP contribution in [0.15, 0.2) is 0 Å². The first-order valence-electron chi connectivity index (χ1n) is 11.2. The van der Waals surface area contributed by atoms with Crippen LogP contribution in [0, 0.1) is 5.92 Å². The second-order valence-corrected chi connectivity index (χ2v) is 11.9. The van der Waals surface area contributed by atoms with Gasteiger partial charge in [0, 0.05) is 13.7 Å². The summed E-state index contributed by atoms with van der Waals surface area (Å²) in [6.45, 7) is 9.76. The maximum atomic E-state index is 5.88. The van der Waals surface area contributed by atoms with Crippen molar-refractivity contribution in [3.63, 3.8) is 0 Å². The van der Waals surface area contributed by atoms with Gasteiger partial charge in [-0.15, -0.1) is 0 Å². The quantitative estimate of drug-likeness (QED) is 0.170. The third-order valence-corrected chi connectivity index (χ3v) is 7.23. The molecule has 2 nitrogen and oxygen atoms in total. The molecule has 3 heteroatoms. The first kappa shape index (κ1) is 25.1. The first-order valence-corrected chi connectivity index (χ1v) is 14.0. The van der Waals surface area contributed by atoms with Gasteiger partial charge in [0.05, 0.1) is 0 Å². The molecule has 0 radical (unpaired) electrons. The molecule has 0 aliphatic carbocycles. The van der Waals surface area contributed by atoms with Crippen LogP contribution in [0.4, 0.5) is 0 Å². The van der Waals surface area contributed by atoms with E-state index in [9.17, 15) is 0 Å². The van der Waals surface area contributed by atoms with E-state index in [1.807, 2.05) is 0 Å². The lowest BCUT2D eigenvalue weighted by Gasteiger charge is -2.21. The Labute approximate surface area is 160 Å². The van der Waals surface area contributed by atoms with Gasteiger partial charge in [-0.25, -0.2) is 0 Å². The Balaban J connectivity index is 3.22. The molecular weight excluding hydrogens is 324 g/mol. The Morgan fingerprint density at radius 1 is 0.680 bits per heavy atom. The molecule has 1 unspecified atom stereocenters. The van der Waals surface area contributed by atoms with E-state index >= 15 is 0 Å². The average Bonchev–Trinajstić information content (AvgIpc) is 2.59. The topological polar surface area (TPSA) is 18.5 Å². The SMILES string of the molecule is CCCCCCCCCCCCCCCC(C)CCO[Si](C)(C)OC. The molecule has 0 spiro atoms. The lowest BCUT2D eigenvalue weighted by Crippen LogP contribution is -2.33. The van der Waals surface area contributed by atoms with Gasteiger partial charge in [0.2, 0.25) is 0 Å². The lowest BCUT2D eigenvalue weighted by atomic mass is 9.99. The Hall–Kier alpha value is 0.137. The molecule has 0 aromatic heterocycles. The molecule has 0 aliphatic heterocycles. The van der Waals surface area contributed by atoms with E-state index in [1.54, 1.807) is 7.11 Å². The molecular formula is C22H48O2Si. The van der Waals surface area contributed by atoms with Crippen LogP contribution in [0.25, 0.3) is 0 Å². The lowest BCUT2D eigenvalue weighted by molar-refractivity contribution is 0.195. The zero-order valence-corrected chi connectivity index (χ0v) is 19.2. The van der Waals surface area contributed by atoms with Gasteiger partial charge in [0.15, 0.2) is 0 Å². The van der Waals surface area contributed by atoms with Crippen molar-refractivity contribution in [3.8, 4) is 0 Å². The smallest absolute Gasteiger partial charge is 0.331 e. The van der Waals surface area contributed by atoms with Crippen LogP contribution in [-0.4, -0.2) is 22.3 Å². The summed E-state index contributed by atoms with van der Waals surface area (Å²) in [7, 11) is -0.0488. The van der Waals surface area contributed by atoms with Crippen molar-refractivity contribution in [2.75, 3.05) is 13.7 Å². The largest absolute Gasteiger partial charge is 0.398 e. The summed E-state index contributed by atoms with van der Waals surface area (Å²) in [5.41, 5.74) is 0. The van der Waals surface area contributed by atoms with Crippen molar-refractivity contribution in [1.29, 1.82) is 0 Å². The summed E-state index contributed by atoms with van der Waals surface area (Å²) in [5.74, 6) is 0.786. The van der Waals surface area contributed by atoms with Crippen molar-refractivity contribution < 1.29 is 8.85 Å². The predicted molar refractivity (Wildman–Crippen MR) is 115 cm³/mol. The minimum Gasteiger partial charge on any atom is -0.398 e. The van der Waals surface area contributed by atoms with Gasteiger partial charge in [-0.1, -0.05) is 104 Å². The van der Waals surface area contributed by atoms with Crippen molar-refractivity contribution in [1.82, 2.24) is 0 Å². The van der Waals surface area contributed by atoms with Crippen molar-refractivity contribution >= 4 is 8.56 Å². The number of hydrogen-bond acceptors (Lipinski definition) is 2. The molecule has 0 rings (SSSR count). The fraction of sp³-hybridized carbons (Fsp3) is 1.00. The Bertz CT molecular complexity index is 269. The maximum Gasteiger partial charge on any atom is 0.331 e. The molecule has 0 aliphatic rings. The minimum atomic E-state index is -1.82. The molecule has 0 amide bonds. The van der Waals surface area contributed by atoms with E-state index in [2.05, 4.69) is 26.9 Å². The van der Waals surface area contributed by atoms with Gasteiger partial charge in [-0.05, 0) is 25.4 Å². The summed E-state index contributed by atoms with van der Waals surface area (Å²) in [6, 6.07) is 0. The van der Waals surface area contributed by atoms with Crippen molar-refractivity contribution in [2.45, 2.75) is 123 Å². The standard InChI is InChI=1S/C22H48O2Si/c1-6-7-8-9-10-11-12-13-14-15-16-17-18-19-22(2)20-21-24-25(4,5)23-3/h22H,6-21H2,1-5H3. The van der Waals surface area contributed by atoms with Gasteiger partial charge in [0.1, 0.15) is 0 Å². The maximum absolute atomic E-state index is 5.88. The Kier molecular flexibility index (Phi) is 17.6. The van der Waals surface area contributed by atoms with Crippen LogP contribution in [0.2, 0.25) is 13.1 Å². The molecule has 0 N–H and O–H groups in total. The zero-order valence-electron chi connectivity index (χ0n) is 18.2. The summed E-state index contributed by atoms with van der Waals surface area (Å²) in [4.78, 5) is 0. The van der Waals surface area contributed by atoms with E-state index < -0.39 is 8.56 Å². The molecule has 0 bridgehead atoms. The van der Waals surface area contributed by atoms with Gasteiger partial charge in [-0.3, -0.25) is 0 Å². The summed E-state index contributed by atoms with van der Waals surface area (Å²) < 4.78 is 11.3. The zero-order chi connectivity index (χ0) is 18.8. The van der Waals surface area contributed by atoms with Crippen LogP contribution in [0.3, 0.4) is 0 Å². The second-order valence-electron chi connectivity index (χ2n) is 8.38. The molecule has 0 saturated carbocycles. The van der Waals surface area contributed by atoms with E-state index in [4.69, 9.17) is 8.85 Å².